The van der Waals surface area contributed by atoms with Gasteiger partial charge in [-0.1, -0.05) is 35.5 Å². The van der Waals surface area contributed by atoms with Crippen LogP contribution in [0.4, 0.5) is 0 Å². The van der Waals surface area contributed by atoms with Gasteiger partial charge in [0.05, 0.1) is 25.0 Å². The average molecular weight is 525 g/mol. The van der Waals surface area contributed by atoms with Gasteiger partial charge in [-0.3, -0.25) is 9.89 Å². The number of aromatic nitrogens is 4. The summed E-state index contributed by atoms with van der Waals surface area (Å²) in [5.41, 5.74) is 3.29. The lowest BCUT2D eigenvalue weighted by Crippen LogP contribution is -2.33. The second kappa shape index (κ2) is 10.3. The van der Waals surface area contributed by atoms with Crippen LogP contribution in [0.2, 0.25) is 5.02 Å². The SMILES string of the molecule is COc1ccc(Cl)cc1-c1nc(SCC(=O)c2cc(C)n(CC3COc4ccccc4O3)c2C)n[nH]1. The standard InChI is InChI=1S/C26H25ClN4O4S/c1-15-10-19(16(2)31(15)12-18-13-34-23-6-4-5-7-24(23)35-18)21(32)14-36-26-28-25(29-30-26)20-11-17(27)8-9-22(20)33-3/h4-11,18H,12-14H2,1-3H3,(H,28,29,30). The molecule has 3 heterocycles. The average Bonchev–Trinajstić information content (AvgIpc) is 3.47. The number of hydrogen-bond donors (Lipinski definition) is 1. The maximum Gasteiger partial charge on any atom is 0.209 e. The summed E-state index contributed by atoms with van der Waals surface area (Å²) < 4.78 is 19.5. The molecule has 186 valence electrons. The van der Waals surface area contributed by atoms with Crippen LogP contribution in [-0.2, 0) is 6.54 Å². The minimum absolute atomic E-state index is 0.0113. The van der Waals surface area contributed by atoms with Crippen LogP contribution in [0.25, 0.3) is 11.4 Å². The zero-order valence-corrected chi connectivity index (χ0v) is 21.7. The summed E-state index contributed by atoms with van der Waals surface area (Å²) >= 11 is 7.41. The number of rotatable bonds is 8. The van der Waals surface area contributed by atoms with Gasteiger partial charge in [-0.25, -0.2) is 4.98 Å². The fourth-order valence-electron chi connectivity index (χ4n) is 4.23. The third kappa shape index (κ3) is 4.94. The van der Waals surface area contributed by atoms with E-state index in [1.54, 1.807) is 25.3 Å². The lowest BCUT2D eigenvalue weighted by Gasteiger charge is -2.27. The first-order valence-corrected chi connectivity index (χ1v) is 12.8. The summed E-state index contributed by atoms with van der Waals surface area (Å²) in [7, 11) is 1.58. The number of Topliss-reactive ketones (excluding diaryl/α,β-unsaturated/α-hetero) is 1. The number of carbonyl (C=O) groups is 1. The minimum atomic E-state index is -0.141. The van der Waals surface area contributed by atoms with E-state index in [0.29, 0.717) is 46.0 Å². The molecule has 1 aliphatic heterocycles. The molecular formula is C26H25ClN4O4S. The quantitative estimate of drug-likeness (QED) is 0.245. The van der Waals surface area contributed by atoms with Gasteiger partial charge in [0, 0.05) is 22.0 Å². The second-order valence-electron chi connectivity index (χ2n) is 8.42. The predicted molar refractivity (Wildman–Crippen MR) is 139 cm³/mol. The molecule has 4 aromatic rings. The number of nitrogens with one attached hydrogen (secondary N) is 1. The maximum atomic E-state index is 13.1. The molecule has 1 aliphatic rings. The van der Waals surface area contributed by atoms with Crippen LogP contribution >= 0.6 is 23.4 Å². The third-order valence-corrected chi connectivity index (χ3v) is 7.12. The molecule has 10 heteroatoms. The highest BCUT2D eigenvalue weighted by molar-refractivity contribution is 7.99. The Bertz CT molecular complexity index is 1420. The number of ketones is 1. The third-order valence-electron chi connectivity index (χ3n) is 6.04. The van der Waals surface area contributed by atoms with Gasteiger partial charge in [-0.15, -0.1) is 5.10 Å². The van der Waals surface area contributed by atoms with Crippen LogP contribution in [0.15, 0.2) is 53.7 Å². The zero-order valence-electron chi connectivity index (χ0n) is 20.1. The van der Waals surface area contributed by atoms with Crippen molar-refractivity contribution in [2.24, 2.45) is 0 Å². The first kappa shape index (κ1) is 24.3. The highest BCUT2D eigenvalue weighted by Crippen LogP contribution is 2.33. The number of fused-ring (bicyclic) bond motifs is 1. The Kier molecular flexibility index (Phi) is 6.93. The largest absolute Gasteiger partial charge is 0.496 e. The van der Waals surface area contributed by atoms with Gasteiger partial charge in [0.15, 0.2) is 29.2 Å². The number of aryl methyl sites for hydroxylation is 1. The van der Waals surface area contributed by atoms with Gasteiger partial charge >= 0.3 is 0 Å². The maximum absolute atomic E-state index is 13.1. The summed E-state index contributed by atoms with van der Waals surface area (Å²) in [4.78, 5) is 17.6. The molecule has 0 spiro atoms. The summed E-state index contributed by atoms with van der Waals surface area (Å²) in [5, 5.41) is 8.19. The number of methoxy groups -OCH3 is 1. The van der Waals surface area contributed by atoms with Crippen LogP contribution in [0.1, 0.15) is 21.7 Å². The molecule has 0 saturated carbocycles. The number of H-pyrrole nitrogens is 1. The molecule has 2 aromatic heterocycles. The van der Waals surface area contributed by atoms with E-state index in [1.165, 1.54) is 11.8 Å². The Labute approximate surface area is 217 Å². The zero-order chi connectivity index (χ0) is 25.2. The Hall–Kier alpha value is -3.43. The number of thioether (sulfide) groups is 1. The van der Waals surface area contributed by atoms with Gasteiger partial charge < -0.3 is 18.8 Å². The number of benzene rings is 2. The number of halogens is 1. The summed E-state index contributed by atoms with van der Waals surface area (Å²) in [6.07, 6.45) is -0.141. The number of hydrogen-bond acceptors (Lipinski definition) is 7. The van der Waals surface area contributed by atoms with Gasteiger partial charge in [0.2, 0.25) is 5.16 Å². The highest BCUT2D eigenvalue weighted by atomic mass is 35.5. The Balaban J connectivity index is 1.25. The molecule has 8 nitrogen and oxygen atoms in total. The topological polar surface area (TPSA) is 91.3 Å². The fraction of sp³-hybridized carbons (Fsp3) is 0.269. The monoisotopic (exact) mass is 524 g/mol. The van der Waals surface area contributed by atoms with Gasteiger partial charge in [0.25, 0.3) is 0 Å². The van der Waals surface area contributed by atoms with E-state index >= 15 is 0 Å². The Morgan fingerprint density at radius 3 is 2.83 bits per heavy atom. The fourth-order valence-corrected chi connectivity index (χ4v) is 5.08. The van der Waals surface area contributed by atoms with Crippen molar-refractivity contribution in [3.8, 4) is 28.6 Å². The molecule has 1 atom stereocenters. The molecule has 1 N–H and O–H groups in total. The van der Waals surface area contributed by atoms with Gasteiger partial charge in [-0.05, 0) is 50.2 Å². The van der Waals surface area contributed by atoms with Gasteiger partial charge in [0.1, 0.15) is 12.4 Å². The van der Waals surface area contributed by atoms with E-state index in [4.69, 9.17) is 25.8 Å². The van der Waals surface area contributed by atoms with Crippen molar-refractivity contribution in [2.75, 3.05) is 19.5 Å². The molecular weight excluding hydrogens is 500 g/mol. The summed E-state index contributed by atoms with van der Waals surface area (Å²) in [6, 6.07) is 14.9. The second-order valence-corrected chi connectivity index (χ2v) is 9.79. The minimum Gasteiger partial charge on any atom is -0.496 e. The van der Waals surface area contributed by atoms with E-state index in [0.717, 1.165) is 22.9 Å². The molecule has 2 aromatic carbocycles. The van der Waals surface area contributed by atoms with E-state index in [2.05, 4.69) is 19.7 Å². The van der Waals surface area contributed by atoms with Crippen molar-refractivity contribution in [3.05, 3.63) is 70.5 Å². The van der Waals surface area contributed by atoms with Crippen LogP contribution in [0.5, 0.6) is 17.2 Å². The molecule has 0 aliphatic carbocycles. The smallest absolute Gasteiger partial charge is 0.209 e. The van der Waals surface area contributed by atoms with Crippen molar-refractivity contribution < 1.29 is 19.0 Å². The van der Waals surface area contributed by atoms with E-state index in [1.807, 2.05) is 44.2 Å². The number of ether oxygens (including phenoxy) is 3. The van der Waals surface area contributed by atoms with Crippen LogP contribution in [0.3, 0.4) is 0 Å². The van der Waals surface area contributed by atoms with E-state index in [-0.39, 0.29) is 17.6 Å². The first-order chi connectivity index (χ1) is 17.4. The van der Waals surface area contributed by atoms with Crippen LogP contribution in [0, 0.1) is 13.8 Å². The van der Waals surface area contributed by atoms with Crippen molar-refractivity contribution >= 4 is 29.1 Å². The van der Waals surface area contributed by atoms with E-state index < -0.39 is 0 Å². The van der Waals surface area contributed by atoms with Crippen molar-refractivity contribution in [3.63, 3.8) is 0 Å². The van der Waals surface area contributed by atoms with Gasteiger partial charge in [-0.2, -0.15) is 0 Å². The lowest BCUT2D eigenvalue weighted by molar-refractivity contribution is 0.0777. The van der Waals surface area contributed by atoms with Crippen molar-refractivity contribution in [1.29, 1.82) is 0 Å². The van der Waals surface area contributed by atoms with Crippen molar-refractivity contribution in [1.82, 2.24) is 19.7 Å². The number of carbonyl (C=O) groups excluding carboxylic acids is 1. The molecule has 0 saturated heterocycles. The molecule has 0 radical (unpaired) electrons. The Morgan fingerprint density at radius 1 is 1.22 bits per heavy atom. The number of aromatic amines is 1. The number of nitrogens with zero attached hydrogens (tertiary/aromatic N) is 3. The number of para-hydroxylation sites is 2. The first-order valence-electron chi connectivity index (χ1n) is 11.4. The molecule has 5 rings (SSSR count). The highest BCUT2D eigenvalue weighted by Gasteiger charge is 2.24. The molecule has 0 fully saturated rings. The van der Waals surface area contributed by atoms with Crippen molar-refractivity contribution in [2.45, 2.75) is 31.7 Å². The van der Waals surface area contributed by atoms with Crippen LogP contribution < -0.4 is 14.2 Å². The summed E-state index contributed by atoms with van der Waals surface area (Å²) in [5.74, 6) is 2.88. The molecule has 36 heavy (non-hydrogen) atoms. The molecule has 1 unspecified atom stereocenters. The summed E-state index contributed by atoms with van der Waals surface area (Å²) in [6.45, 7) is 5.00. The van der Waals surface area contributed by atoms with E-state index in [9.17, 15) is 4.79 Å². The normalized spacial score (nSPS) is 14.6. The molecule has 0 amide bonds. The van der Waals surface area contributed by atoms with Crippen LogP contribution in [-0.4, -0.2) is 51.1 Å². The Morgan fingerprint density at radius 2 is 2.03 bits per heavy atom. The lowest BCUT2D eigenvalue weighted by atomic mass is 10.2. The predicted octanol–water partition coefficient (Wildman–Crippen LogP) is 5.37. The molecule has 0 bridgehead atoms.